The molecule has 0 bridgehead atoms. The first kappa shape index (κ1) is 56.1. The second-order valence-electron chi connectivity index (χ2n) is 21.2. The first-order chi connectivity index (χ1) is 43.9. The van der Waals surface area contributed by atoms with Gasteiger partial charge in [0.25, 0.3) is 0 Å². The highest BCUT2D eigenvalue weighted by atomic mass is 35.5. The van der Waals surface area contributed by atoms with E-state index in [4.69, 9.17) is 43.6 Å². The number of benzene rings is 14. The molecular weight excluding hydrogens is 1160 g/mol. The molecule has 2 heterocycles. The highest BCUT2D eigenvalue weighted by Gasteiger charge is 2.27. The number of hydrogen-bond donors (Lipinski definition) is 1. The second-order valence-corrected chi connectivity index (χ2v) is 22.4. The molecule has 89 heavy (non-hydrogen) atoms. The molecule has 16 aromatic rings. The Balaban J connectivity index is 0.000000134. The summed E-state index contributed by atoms with van der Waals surface area (Å²) < 4.78 is 13.0. The van der Waals surface area contributed by atoms with Crippen molar-refractivity contribution in [2.45, 2.75) is 0 Å². The fourth-order valence-electron chi connectivity index (χ4n) is 11.7. The van der Waals surface area contributed by atoms with Crippen LogP contribution in [-0.2, 0) is 0 Å². The van der Waals surface area contributed by atoms with Gasteiger partial charge in [0, 0.05) is 55.7 Å². The van der Waals surface area contributed by atoms with E-state index >= 15 is 0 Å². The van der Waals surface area contributed by atoms with Gasteiger partial charge in [0.2, 0.25) is 0 Å². The lowest BCUT2D eigenvalue weighted by Crippen LogP contribution is -2.14. The molecule has 14 aromatic carbocycles. The van der Waals surface area contributed by atoms with Crippen molar-refractivity contribution in [1.29, 1.82) is 0 Å². The fraction of sp³-hybridized carbons (Fsp3) is 0. The fourth-order valence-corrected chi connectivity index (χ4v) is 12.4. The Morgan fingerprint density at radius 3 is 0.989 bits per heavy atom. The maximum absolute atomic E-state index is 7.55. The summed E-state index contributed by atoms with van der Waals surface area (Å²) in [5, 5.41) is 13.5. The van der Waals surface area contributed by atoms with Gasteiger partial charge in [-0.1, -0.05) is 241 Å². The van der Waals surface area contributed by atoms with E-state index in [1.165, 1.54) is 0 Å². The van der Waals surface area contributed by atoms with E-state index < -0.39 is 0 Å². The van der Waals surface area contributed by atoms with E-state index in [0.717, 1.165) is 128 Å². The van der Waals surface area contributed by atoms with Crippen molar-refractivity contribution in [3.63, 3.8) is 0 Å². The summed E-state index contributed by atoms with van der Waals surface area (Å²) in [6, 6.07) is 111. The van der Waals surface area contributed by atoms with Crippen molar-refractivity contribution < 1.29 is 8.83 Å². The van der Waals surface area contributed by atoms with E-state index in [1.54, 1.807) is 6.07 Å². The summed E-state index contributed by atoms with van der Waals surface area (Å²) in [4.78, 5) is 6.62. The smallest absolute Gasteiger partial charge is 0.145 e. The van der Waals surface area contributed by atoms with Crippen LogP contribution < -0.4 is 20.0 Å². The van der Waals surface area contributed by atoms with E-state index in [1.807, 2.05) is 152 Å². The third kappa shape index (κ3) is 11.2. The predicted molar refractivity (Wildman–Crippen MR) is 378 cm³/mol. The zero-order valence-electron chi connectivity index (χ0n) is 48.0. The Bertz CT molecular complexity index is 5030. The largest absolute Gasteiger partial charge is 0.455 e. The van der Waals surface area contributed by atoms with Crippen LogP contribution in [-0.4, -0.2) is 0 Å². The minimum absolute atomic E-state index is 0.507. The van der Waals surface area contributed by atoms with Crippen LogP contribution in [0.3, 0.4) is 0 Å². The molecule has 0 unspecified atom stereocenters. The highest BCUT2D eigenvalue weighted by molar-refractivity contribution is 6.44. The van der Waals surface area contributed by atoms with Crippen molar-refractivity contribution >= 4 is 163 Å². The zero-order valence-corrected chi connectivity index (χ0v) is 50.2. The molecule has 0 fully saturated rings. The molecule has 6 nitrogen and oxygen atoms in total. The van der Waals surface area contributed by atoms with Crippen LogP contribution in [0.5, 0.6) is 0 Å². The van der Waals surface area contributed by atoms with E-state index in [2.05, 4.69) is 190 Å². The maximum Gasteiger partial charge on any atom is 0.145 e. The monoisotopic (exact) mass is 1210 g/mol. The molecule has 16 rings (SSSR count). The van der Waals surface area contributed by atoms with Crippen LogP contribution in [0.15, 0.2) is 336 Å². The van der Waals surface area contributed by atoms with Gasteiger partial charge < -0.3 is 28.9 Å². The number of halogens is 3. The number of furan rings is 2. The van der Waals surface area contributed by atoms with Crippen LogP contribution in [0.4, 0.5) is 62.6 Å². The van der Waals surface area contributed by atoms with Gasteiger partial charge in [0.1, 0.15) is 22.3 Å². The molecule has 0 saturated heterocycles. The minimum Gasteiger partial charge on any atom is -0.455 e. The summed E-state index contributed by atoms with van der Waals surface area (Å²) in [5.41, 5.74) is 14.3. The predicted octanol–water partition coefficient (Wildman–Crippen LogP) is 25.3. The summed E-state index contributed by atoms with van der Waals surface area (Å²) in [6.07, 6.45) is 0. The topological polar surface area (TPSA) is 48.0 Å². The highest BCUT2D eigenvalue weighted by Crippen LogP contribution is 2.52. The Morgan fingerprint density at radius 2 is 0.573 bits per heavy atom. The zero-order chi connectivity index (χ0) is 60.0. The van der Waals surface area contributed by atoms with Crippen molar-refractivity contribution in [3.05, 3.63) is 343 Å². The maximum atomic E-state index is 7.55. The van der Waals surface area contributed by atoms with Crippen molar-refractivity contribution in [2.75, 3.05) is 20.0 Å². The molecule has 0 aliphatic carbocycles. The van der Waals surface area contributed by atoms with Crippen LogP contribution >= 0.6 is 34.8 Å². The first-order valence-corrected chi connectivity index (χ1v) is 30.4. The number of fused-ring (bicyclic) bond motifs is 10. The number of rotatable bonds is 11. The van der Waals surface area contributed by atoms with Gasteiger partial charge in [0.05, 0.1) is 54.3 Å². The van der Waals surface area contributed by atoms with Gasteiger partial charge in [0.15, 0.2) is 0 Å². The van der Waals surface area contributed by atoms with Crippen molar-refractivity contribution in [1.82, 2.24) is 0 Å². The molecule has 2 aromatic heterocycles. The molecule has 9 heteroatoms. The van der Waals surface area contributed by atoms with Gasteiger partial charge in [-0.05, 0) is 132 Å². The van der Waals surface area contributed by atoms with Gasteiger partial charge in [-0.25, -0.2) is 0 Å². The van der Waals surface area contributed by atoms with Crippen LogP contribution in [0.2, 0.25) is 15.1 Å². The number of hydrogen-bond acceptors (Lipinski definition) is 6. The summed E-state index contributed by atoms with van der Waals surface area (Å²) >= 11 is 20.7. The third-order valence-electron chi connectivity index (χ3n) is 15.7. The van der Waals surface area contributed by atoms with E-state index in [9.17, 15) is 0 Å². The lowest BCUT2D eigenvalue weighted by molar-refractivity contribution is 0.672. The molecule has 0 aliphatic rings. The summed E-state index contributed by atoms with van der Waals surface area (Å²) in [7, 11) is 0. The number of nitrogens with one attached hydrogen (secondary N) is 1. The lowest BCUT2D eigenvalue weighted by atomic mass is 10.0. The van der Waals surface area contributed by atoms with E-state index in [-0.39, 0.29) is 0 Å². The normalized spacial score (nSPS) is 11.1. The molecule has 0 amide bonds. The molecule has 1 N–H and O–H groups in total. The lowest BCUT2D eigenvalue weighted by Gasteiger charge is -2.31. The quantitative estimate of drug-likeness (QED) is 0.139. The number of para-hydroxylation sites is 8. The Morgan fingerprint density at radius 1 is 0.258 bits per heavy atom. The van der Waals surface area contributed by atoms with Gasteiger partial charge in [-0.3, -0.25) is 0 Å². The summed E-state index contributed by atoms with van der Waals surface area (Å²) in [5.74, 6) is 0. The van der Waals surface area contributed by atoms with Gasteiger partial charge >= 0.3 is 0 Å². The molecule has 0 aliphatic heterocycles. The standard InChI is InChI=1S/C40H27ClN2O.C28H17Cl2NO.C12H11N/c41-39-34(42(29-16-4-1-5-17-29)30-18-6-2-7-19-30)24-14-25-35(39)43(31-20-8-3-9-21-31)36-27-28-15-10-11-22-32(28)40-38(36)33-23-12-13-26-37(33)44-40;29-22-14-8-15-23(27(22)30)31(19-10-2-1-3-11-19)24-17-18-9-4-5-12-20(18)28-26(24)21-13-6-7-16-25(21)32-28;1-3-7-11(8-4-1)13-12-9-5-2-6-10-12/h1-27H;1-17H;1-10,13H. The molecule has 0 spiro atoms. The summed E-state index contributed by atoms with van der Waals surface area (Å²) in [6.45, 7) is 0. The Hall–Kier alpha value is -10.7. The minimum atomic E-state index is 0.507. The number of nitrogens with zero attached hydrogens (tertiary/aromatic N) is 3. The molecule has 0 radical (unpaired) electrons. The van der Waals surface area contributed by atoms with Crippen LogP contribution in [0.25, 0.3) is 65.4 Å². The SMILES string of the molecule is Clc1c(N(c2ccccc2)c2ccccc2)cccc1N(c1ccccc1)c1cc2ccccc2c2oc3ccccc3c12.Clc1cccc(N(c2ccccc2)c2cc3ccccc3c3oc4ccccc4c23)c1Cl.c1ccc(Nc2ccccc2)cc1. The Labute approximate surface area is 530 Å². The van der Waals surface area contributed by atoms with Crippen molar-refractivity contribution in [3.8, 4) is 0 Å². The molecule has 0 saturated carbocycles. The average molecular weight is 1210 g/mol. The van der Waals surface area contributed by atoms with Gasteiger partial charge in [-0.15, -0.1) is 0 Å². The number of anilines is 11. The van der Waals surface area contributed by atoms with Crippen LogP contribution in [0, 0.1) is 0 Å². The van der Waals surface area contributed by atoms with Crippen molar-refractivity contribution in [2.24, 2.45) is 0 Å². The molecular formula is C80H55Cl3N4O2. The second kappa shape index (κ2) is 25.3. The van der Waals surface area contributed by atoms with Crippen LogP contribution in [0.1, 0.15) is 0 Å². The van der Waals surface area contributed by atoms with E-state index in [0.29, 0.717) is 15.1 Å². The Kier molecular flexibility index (Phi) is 16.0. The average Bonchev–Trinajstić information content (AvgIpc) is 1.75. The molecule has 428 valence electrons. The third-order valence-corrected chi connectivity index (χ3v) is 16.9. The first-order valence-electron chi connectivity index (χ1n) is 29.3. The van der Waals surface area contributed by atoms with Gasteiger partial charge in [-0.2, -0.15) is 0 Å². The molecule has 0 atom stereocenters.